The fourth-order valence-corrected chi connectivity index (χ4v) is 4.21. The molecule has 1 unspecified atom stereocenters. The molecule has 4 rings (SSSR count). The zero-order valence-electron chi connectivity index (χ0n) is 18.2. The first-order chi connectivity index (χ1) is 14.5. The number of hydrogen-bond acceptors (Lipinski definition) is 4. The lowest BCUT2D eigenvalue weighted by Gasteiger charge is -2.17. The molecule has 1 aliphatic heterocycles. The fourth-order valence-electron chi connectivity index (χ4n) is 4.21. The second-order valence-electron chi connectivity index (χ2n) is 8.11. The van der Waals surface area contributed by atoms with Crippen LogP contribution in [0, 0.1) is 20.8 Å². The van der Waals surface area contributed by atoms with Crippen LogP contribution in [-0.4, -0.2) is 39.9 Å². The Labute approximate surface area is 177 Å². The normalized spacial score (nSPS) is 16.3. The lowest BCUT2D eigenvalue weighted by Crippen LogP contribution is -2.23. The van der Waals surface area contributed by atoms with Crippen LogP contribution in [0.2, 0.25) is 0 Å². The molecular formula is C24H30N4O2. The van der Waals surface area contributed by atoms with Crippen LogP contribution in [0.4, 0.5) is 5.69 Å². The first-order valence-electron chi connectivity index (χ1n) is 10.7. The predicted octanol–water partition coefficient (Wildman–Crippen LogP) is 4.04. The minimum absolute atomic E-state index is 0.0217. The van der Waals surface area contributed by atoms with Crippen molar-refractivity contribution in [1.82, 2.24) is 14.3 Å². The minimum atomic E-state index is 0.0217. The van der Waals surface area contributed by atoms with Crippen LogP contribution in [0.3, 0.4) is 0 Å². The van der Waals surface area contributed by atoms with Crippen molar-refractivity contribution in [2.24, 2.45) is 0 Å². The Bertz CT molecular complexity index is 1070. The number of amides is 1. The molecule has 6 heteroatoms. The number of carbonyl (C=O) groups excluding carboxylic acids is 1. The second-order valence-corrected chi connectivity index (χ2v) is 8.11. The molecule has 0 radical (unpaired) electrons. The molecule has 1 atom stereocenters. The molecule has 158 valence electrons. The highest BCUT2D eigenvalue weighted by molar-refractivity contribution is 5.71. The van der Waals surface area contributed by atoms with E-state index < -0.39 is 0 Å². The molecular weight excluding hydrogens is 376 g/mol. The van der Waals surface area contributed by atoms with E-state index in [9.17, 15) is 4.79 Å². The molecule has 1 saturated heterocycles. The molecule has 3 aromatic rings. The van der Waals surface area contributed by atoms with Crippen molar-refractivity contribution >= 4 is 17.7 Å². The molecule has 6 nitrogen and oxygen atoms in total. The first kappa shape index (κ1) is 20.3. The van der Waals surface area contributed by atoms with Gasteiger partial charge in [-0.2, -0.15) is 0 Å². The summed E-state index contributed by atoms with van der Waals surface area (Å²) in [5.41, 5.74) is 7.96. The molecule has 3 heterocycles. The Morgan fingerprint density at radius 2 is 2.13 bits per heavy atom. The van der Waals surface area contributed by atoms with Gasteiger partial charge in [0.15, 0.2) is 5.65 Å². The second kappa shape index (κ2) is 8.38. The number of benzene rings is 1. The Morgan fingerprint density at radius 1 is 1.30 bits per heavy atom. The standard InChI is InChI=1S/C24H30N4O2/c1-5-19-8-6-7-16(2)22(19)12-25-23-11-21(30-20-9-10-27(13-20)15-29)14-28-18(4)17(3)26-24(23)28/h6-8,11,14-15,20,25H,5,9-10,12-13H2,1-4H3. The third-order valence-electron chi connectivity index (χ3n) is 6.14. The van der Waals surface area contributed by atoms with Crippen LogP contribution in [0.25, 0.3) is 5.65 Å². The van der Waals surface area contributed by atoms with E-state index in [4.69, 9.17) is 9.72 Å². The highest BCUT2D eigenvalue weighted by Crippen LogP contribution is 2.28. The van der Waals surface area contributed by atoms with Gasteiger partial charge in [-0.05, 0) is 43.9 Å². The molecule has 1 fully saturated rings. The highest BCUT2D eigenvalue weighted by Gasteiger charge is 2.23. The van der Waals surface area contributed by atoms with Gasteiger partial charge in [-0.15, -0.1) is 0 Å². The number of fused-ring (bicyclic) bond motifs is 1. The summed E-state index contributed by atoms with van der Waals surface area (Å²) < 4.78 is 8.35. The number of anilines is 1. The van der Waals surface area contributed by atoms with Crippen molar-refractivity contribution in [3.05, 3.63) is 58.5 Å². The average Bonchev–Trinajstić information content (AvgIpc) is 3.31. The summed E-state index contributed by atoms with van der Waals surface area (Å²) in [5.74, 6) is 0.795. The van der Waals surface area contributed by atoms with Gasteiger partial charge in [-0.1, -0.05) is 25.1 Å². The topological polar surface area (TPSA) is 58.9 Å². The van der Waals surface area contributed by atoms with Crippen LogP contribution in [-0.2, 0) is 17.8 Å². The molecule has 30 heavy (non-hydrogen) atoms. The summed E-state index contributed by atoms with van der Waals surface area (Å²) in [4.78, 5) is 17.6. The van der Waals surface area contributed by atoms with E-state index in [1.165, 1.54) is 16.7 Å². The quantitative estimate of drug-likeness (QED) is 0.602. The molecule has 1 aromatic carbocycles. The summed E-state index contributed by atoms with van der Waals surface area (Å²) in [5, 5.41) is 3.62. The first-order valence-corrected chi connectivity index (χ1v) is 10.7. The fraction of sp³-hybridized carbons (Fsp3) is 0.417. The van der Waals surface area contributed by atoms with Gasteiger partial charge in [0.25, 0.3) is 0 Å². The van der Waals surface area contributed by atoms with E-state index in [0.717, 1.165) is 60.8 Å². The van der Waals surface area contributed by atoms with Crippen LogP contribution in [0.15, 0.2) is 30.5 Å². The van der Waals surface area contributed by atoms with E-state index in [0.29, 0.717) is 6.54 Å². The minimum Gasteiger partial charge on any atom is -0.487 e. The van der Waals surface area contributed by atoms with E-state index >= 15 is 0 Å². The zero-order valence-corrected chi connectivity index (χ0v) is 18.2. The van der Waals surface area contributed by atoms with Gasteiger partial charge < -0.3 is 15.0 Å². The van der Waals surface area contributed by atoms with Gasteiger partial charge in [0.1, 0.15) is 11.9 Å². The number of ether oxygens (including phenoxy) is 1. The Morgan fingerprint density at radius 3 is 2.87 bits per heavy atom. The van der Waals surface area contributed by atoms with Gasteiger partial charge in [0, 0.05) is 31.3 Å². The van der Waals surface area contributed by atoms with E-state index in [-0.39, 0.29) is 6.10 Å². The average molecular weight is 407 g/mol. The van der Waals surface area contributed by atoms with Crippen LogP contribution in [0.5, 0.6) is 5.75 Å². The lowest BCUT2D eigenvalue weighted by atomic mass is 10.00. The lowest BCUT2D eigenvalue weighted by molar-refractivity contribution is -0.117. The van der Waals surface area contributed by atoms with Crippen LogP contribution < -0.4 is 10.1 Å². The number of pyridine rings is 1. The Balaban J connectivity index is 1.65. The van der Waals surface area contributed by atoms with Crippen LogP contribution in [0.1, 0.15) is 41.4 Å². The van der Waals surface area contributed by atoms with Gasteiger partial charge in [0.05, 0.1) is 24.1 Å². The maximum absolute atomic E-state index is 11.0. The van der Waals surface area contributed by atoms with E-state index in [2.05, 4.69) is 48.7 Å². The number of aryl methyl sites for hydroxylation is 4. The van der Waals surface area contributed by atoms with Crippen LogP contribution >= 0.6 is 0 Å². The third-order valence-corrected chi connectivity index (χ3v) is 6.14. The zero-order chi connectivity index (χ0) is 21.3. The number of nitrogens with zero attached hydrogens (tertiary/aromatic N) is 3. The molecule has 2 aromatic heterocycles. The monoisotopic (exact) mass is 406 g/mol. The summed E-state index contributed by atoms with van der Waals surface area (Å²) in [6.45, 7) is 10.6. The van der Waals surface area contributed by atoms with Crippen molar-refractivity contribution in [3.8, 4) is 5.75 Å². The van der Waals surface area contributed by atoms with E-state index in [1.807, 2.05) is 19.2 Å². The molecule has 0 aliphatic carbocycles. The number of rotatable bonds is 7. The highest BCUT2D eigenvalue weighted by atomic mass is 16.5. The molecule has 0 spiro atoms. The van der Waals surface area contributed by atoms with Crippen molar-refractivity contribution in [3.63, 3.8) is 0 Å². The largest absolute Gasteiger partial charge is 0.487 e. The smallest absolute Gasteiger partial charge is 0.209 e. The maximum Gasteiger partial charge on any atom is 0.209 e. The van der Waals surface area contributed by atoms with Crippen molar-refractivity contribution in [1.29, 1.82) is 0 Å². The summed E-state index contributed by atoms with van der Waals surface area (Å²) in [6, 6.07) is 8.51. The molecule has 0 bridgehead atoms. The maximum atomic E-state index is 11.0. The van der Waals surface area contributed by atoms with Crippen molar-refractivity contribution in [2.75, 3.05) is 18.4 Å². The number of hydrogen-bond donors (Lipinski definition) is 1. The molecule has 1 aliphatic rings. The van der Waals surface area contributed by atoms with E-state index in [1.54, 1.807) is 4.90 Å². The van der Waals surface area contributed by atoms with Gasteiger partial charge >= 0.3 is 0 Å². The van der Waals surface area contributed by atoms with Gasteiger partial charge in [0.2, 0.25) is 6.41 Å². The van der Waals surface area contributed by atoms with Gasteiger partial charge in [-0.25, -0.2) is 4.98 Å². The predicted molar refractivity (Wildman–Crippen MR) is 119 cm³/mol. The molecule has 1 N–H and O–H groups in total. The Hall–Kier alpha value is -3.02. The summed E-state index contributed by atoms with van der Waals surface area (Å²) in [7, 11) is 0. The number of carbonyl (C=O) groups is 1. The number of nitrogens with one attached hydrogen (secondary N) is 1. The number of aromatic nitrogens is 2. The summed E-state index contributed by atoms with van der Waals surface area (Å²) in [6.07, 6.45) is 4.79. The summed E-state index contributed by atoms with van der Waals surface area (Å²) >= 11 is 0. The third kappa shape index (κ3) is 3.86. The SMILES string of the molecule is CCc1cccc(C)c1CNc1cc(OC2CCN(C=O)C2)cn2c(C)c(C)nc12. The van der Waals surface area contributed by atoms with Crippen molar-refractivity contribution in [2.45, 2.75) is 53.2 Å². The number of imidazole rings is 1. The Kier molecular flexibility index (Phi) is 5.66. The molecule has 1 amide bonds. The number of likely N-dealkylation sites (tertiary alicyclic amines) is 1. The van der Waals surface area contributed by atoms with Crippen molar-refractivity contribution < 1.29 is 9.53 Å². The molecule has 0 saturated carbocycles. The van der Waals surface area contributed by atoms with Gasteiger partial charge in [-0.3, -0.25) is 9.20 Å².